The lowest BCUT2D eigenvalue weighted by Gasteiger charge is -2.23. The minimum Gasteiger partial charge on any atom is -0.279 e. The van der Waals surface area contributed by atoms with Gasteiger partial charge in [-0.1, -0.05) is 42.5 Å². The molecule has 0 amide bonds. The number of fused-ring (bicyclic) bond motifs is 1. The molecule has 0 aliphatic rings. The largest absolute Gasteiger partial charge is 0.279 e. The van der Waals surface area contributed by atoms with Crippen LogP contribution in [0.4, 0.5) is 17.3 Å². The fraction of sp³-hybridized carbons (Fsp3) is 0.0476. The monoisotopic (exact) mass is 311 g/mol. The Bertz CT molecular complexity index is 926. The predicted molar refractivity (Wildman–Crippen MR) is 99.0 cm³/mol. The molecule has 2 aromatic heterocycles. The molecule has 0 radical (unpaired) electrons. The normalized spacial score (nSPS) is 10.7. The van der Waals surface area contributed by atoms with E-state index in [1.165, 1.54) is 10.9 Å². The molecule has 0 atom stereocenters. The molecule has 0 aliphatic carbocycles. The molecule has 3 nitrogen and oxygen atoms in total. The summed E-state index contributed by atoms with van der Waals surface area (Å²) in [6, 6.07) is 26.5. The standard InChI is InChI=1S/C21H17N3/c1-16-15-21(23-19-12-6-5-11-18(16)19)24(17-9-3-2-4-10-17)20-13-7-8-14-22-20/h2-15H,1H3. The fourth-order valence-electron chi connectivity index (χ4n) is 2.89. The van der Waals surface area contributed by atoms with E-state index >= 15 is 0 Å². The number of anilines is 3. The van der Waals surface area contributed by atoms with E-state index in [1.54, 1.807) is 6.20 Å². The van der Waals surface area contributed by atoms with Gasteiger partial charge in [-0.15, -0.1) is 0 Å². The SMILES string of the molecule is Cc1cc(N(c2ccccc2)c2ccccn2)nc2ccccc12. The lowest BCUT2D eigenvalue weighted by atomic mass is 10.1. The van der Waals surface area contributed by atoms with Crippen LogP contribution in [0.25, 0.3) is 10.9 Å². The van der Waals surface area contributed by atoms with Gasteiger partial charge in [-0.25, -0.2) is 9.97 Å². The van der Waals surface area contributed by atoms with Gasteiger partial charge in [-0.2, -0.15) is 0 Å². The van der Waals surface area contributed by atoms with E-state index in [-0.39, 0.29) is 0 Å². The summed E-state index contributed by atoms with van der Waals surface area (Å²) >= 11 is 0. The van der Waals surface area contributed by atoms with Crippen molar-refractivity contribution in [2.75, 3.05) is 4.90 Å². The van der Waals surface area contributed by atoms with Gasteiger partial charge in [-0.3, -0.25) is 4.90 Å². The summed E-state index contributed by atoms with van der Waals surface area (Å²) in [5.74, 6) is 1.72. The van der Waals surface area contributed by atoms with Crippen molar-refractivity contribution in [3.05, 3.63) is 90.6 Å². The van der Waals surface area contributed by atoms with E-state index < -0.39 is 0 Å². The fourth-order valence-corrected chi connectivity index (χ4v) is 2.89. The molecule has 0 spiro atoms. The minimum absolute atomic E-state index is 0.853. The first-order valence-electron chi connectivity index (χ1n) is 7.95. The molecule has 116 valence electrons. The van der Waals surface area contributed by atoms with Crippen LogP contribution in [0.2, 0.25) is 0 Å². The van der Waals surface area contributed by atoms with Crippen LogP contribution in [0.1, 0.15) is 5.56 Å². The highest BCUT2D eigenvalue weighted by Gasteiger charge is 2.15. The third kappa shape index (κ3) is 2.61. The third-order valence-corrected chi connectivity index (χ3v) is 4.03. The first kappa shape index (κ1) is 14.4. The van der Waals surface area contributed by atoms with Crippen LogP contribution in [0.3, 0.4) is 0 Å². The summed E-state index contributed by atoms with van der Waals surface area (Å²) in [7, 11) is 0. The Morgan fingerprint density at radius 3 is 2.29 bits per heavy atom. The topological polar surface area (TPSA) is 29.0 Å². The van der Waals surface area contributed by atoms with E-state index in [0.29, 0.717) is 0 Å². The van der Waals surface area contributed by atoms with Crippen molar-refractivity contribution >= 4 is 28.2 Å². The van der Waals surface area contributed by atoms with Crippen molar-refractivity contribution in [3.8, 4) is 0 Å². The van der Waals surface area contributed by atoms with Gasteiger partial charge in [0.15, 0.2) is 0 Å². The number of aromatic nitrogens is 2. The van der Waals surface area contributed by atoms with Crippen molar-refractivity contribution in [1.29, 1.82) is 0 Å². The maximum atomic E-state index is 4.88. The van der Waals surface area contributed by atoms with Gasteiger partial charge in [0, 0.05) is 17.3 Å². The zero-order chi connectivity index (χ0) is 16.4. The average Bonchev–Trinajstić information content (AvgIpc) is 2.64. The molecule has 0 fully saturated rings. The van der Waals surface area contributed by atoms with Crippen LogP contribution >= 0.6 is 0 Å². The van der Waals surface area contributed by atoms with E-state index in [9.17, 15) is 0 Å². The number of nitrogens with zero attached hydrogens (tertiary/aromatic N) is 3. The van der Waals surface area contributed by atoms with Gasteiger partial charge >= 0.3 is 0 Å². The van der Waals surface area contributed by atoms with Gasteiger partial charge in [0.05, 0.1) is 5.52 Å². The van der Waals surface area contributed by atoms with Crippen molar-refractivity contribution in [2.45, 2.75) is 6.92 Å². The Hall–Kier alpha value is -3.20. The number of hydrogen-bond acceptors (Lipinski definition) is 3. The number of hydrogen-bond donors (Lipinski definition) is 0. The molecular weight excluding hydrogens is 294 g/mol. The summed E-state index contributed by atoms with van der Waals surface area (Å²) in [5, 5.41) is 1.18. The van der Waals surface area contributed by atoms with Crippen molar-refractivity contribution < 1.29 is 0 Å². The highest BCUT2D eigenvalue weighted by Crippen LogP contribution is 2.33. The molecule has 4 aromatic rings. The summed E-state index contributed by atoms with van der Waals surface area (Å²) in [6.45, 7) is 2.12. The van der Waals surface area contributed by atoms with Crippen LogP contribution in [0.15, 0.2) is 85.1 Å². The van der Waals surface area contributed by atoms with Gasteiger partial charge < -0.3 is 0 Å². The number of para-hydroxylation sites is 2. The molecular formula is C21H17N3. The molecule has 0 aliphatic heterocycles. The van der Waals surface area contributed by atoms with E-state index in [1.807, 2.05) is 54.6 Å². The molecule has 3 heteroatoms. The Balaban J connectivity index is 1.94. The Morgan fingerprint density at radius 2 is 1.50 bits per heavy atom. The van der Waals surface area contributed by atoms with E-state index in [0.717, 1.165) is 22.8 Å². The van der Waals surface area contributed by atoms with Gasteiger partial charge in [-0.05, 0) is 48.9 Å². The molecule has 0 N–H and O–H groups in total. The summed E-state index contributed by atoms with van der Waals surface area (Å²) in [4.78, 5) is 11.5. The summed E-state index contributed by atoms with van der Waals surface area (Å²) < 4.78 is 0. The zero-order valence-electron chi connectivity index (χ0n) is 13.4. The predicted octanol–water partition coefficient (Wildman–Crippen LogP) is 5.41. The van der Waals surface area contributed by atoms with Gasteiger partial charge in [0.1, 0.15) is 11.6 Å². The van der Waals surface area contributed by atoms with Crippen LogP contribution in [0.5, 0.6) is 0 Å². The lowest BCUT2D eigenvalue weighted by molar-refractivity contribution is 1.14. The van der Waals surface area contributed by atoms with E-state index in [2.05, 4.69) is 41.1 Å². The molecule has 0 saturated carbocycles. The minimum atomic E-state index is 0.853. The molecule has 2 heterocycles. The second kappa shape index (κ2) is 6.13. The van der Waals surface area contributed by atoms with Gasteiger partial charge in [0.2, 0.25) is 0 Å². The average molecular weight is 311 g/mol. The number of rotatable bonds is 3. The smallest absolute Gasteiger partial charge is 0.139 e. The second-order valence-corrected chi connectivity index (χ2v) is 5.67. The first-order valence-corrected chi connectivity index (χ1v) is 7.95. The quantitative estimate of drug-likeness (QED) is 0.506. The van der Waals surface area contributed by atoms with Crippen LogP contribution in [-0.2, 0) is 0 Å². The van der Waals surface area contributed by atoms with Gasteiger partial charge in [0.25, 0.3) is 0 Å². The third-order valence-electron chi connectivity index (χ3n) is 4.03. The maximum absolute atomic E-state index is 4.88. The van der Waals surface area contributed by atoms with Crippen molar-refractivity contribution in [3.63, 3.8) is 0 Å². The molecule has 0 saturated heterocycles. The lowest BCUT2D eigenvalue weighted by Crippen LogP contribution is -2.13. The maximum Gasteiger partial charge on any atom is 0.139 e. The highest BCUT2D eigenvalue weighted by molar-refractivity contribution is 5.86. The van der Waals surface area contributed by atoms with Crippen molar-refractivity contribution in [1.82, 2.24) is 9.97 Å². The molecule has 4 rings (SSSR count). The summed E-state index contributed by atoms with van der Waals surface area (Å²) in [6.07, 6.45) is 1.80. The Kier molecular flexibility index (Phi) is 3.67. The van der Waals surface area contributed by atoms with Crippen LogP contribution < -0.4 is 4.90 Å². The van der Waals surface area contributed by atoms with E-state index in [4.69, 9.17) is 4.98 Å². The molecule has 0 unspecified atom stereocenters. The molecule has 2 aromatic carbocycles. The number of benzene rings is 2. The number of pyridine rings is 2. The molecule has 24 heavy (non-hydrogen) atoms. The number of aryl methyl sites for hydroxylation is 1. The Morgan fingerprint density at radius 1 is 0.750 bits per heavy atom. The Labute approximate surface area is 141 Å². The molecule has 0 bridgehead atoms. The van der Waals surface area contributed by atoms with Crippen molar-refractivity contribution in [2.24, 2.45) is 0 Å². The van der Waals surface area contributed by atoms with Crippen LogP contribution in [-0.4, -0.2) is 9.97 Å². The first-order chi connectivity index (χ1) is 11.8. The summed E-state index contributed by atoms with van der Waals surface area (Å²) in [5.41, 5.74) is 3.23. The zero-order valence-corrected chi connectivity index (χ0v) is 13.4. The van der Waals surface area contributed by atoms with Crippen LogP contribution in [0, 0.1) is 6.92 Å². The second-order valence-electron chi connectivity index (χ2n) is 5.67. The highest BCUT2D eigenvalue weighted by atomic mass is 15.2.